The first-order valence-corrected chi connectivity index (χ1v) is 9.42. The molecule has 1 saturated heterocycles. The lowest BCUT2D eigenvalue weighted by Gasteiger charge is -2.25. The highest BCUT2D eigenvalue weighted by molar-refractivity contribution is 6.06. The molecule has 3 aromatic rings. The van der Waals surface area contributed by atoms with Gasteiger partial charge in [0.15, 0.2) is 0 Å². The SMILES string of the molecule is O=C(Nc1ccccc1N1CCCCCC1)c1ccc(-n2cncn2)cc1. The zero-order valence-electron chi connectivity index (χ0n) is 15.2. The molecule has 0 spiro atoms. The summed E-state index contributed by atoms with van der Waals surface area (Å²) < 4.78 is 1.66. The molecule has 1 N–H and O–H groups in total. The van der Waals surface area contributed by atoms with Crippen molar-refractivity contribution in [2.24, 2.45) is 0 Å². The smallest absolute Gasteiger partial charge is 0.255 e. The lowest BCUT2D eigenvalue weighted by atomic mass is 10.1. The number of benzene rings is 2. The van der Waals surface area contributed by atoms with Crippen LogP contribution in [0.5, 0.6) is 0 Å². The summed E-state index contributed by atoms with van der Waals surface area (Å²) in [5, 5.41) is 7.18. The fourth-order valence-corrected chi connectivity index (χ4v) is 3.47. The van der Waals surface area contributed by atoms with Crippen molar-refractivity contribution in [2.75, 3.05) is 23.3 Å². The molecule has 0 saturated carbocycles. The average molecular weight is 361 g/mol. The third kappa shape index (κ3) is 4.00. The minimum absolute atomic E-state index is 0.109. The maximum atomic E-state index is 12.8. The van der Waals surface area contributed by atoms with Gasteiger partial charge < -0.3 is 10.2 Å². The molecule has 6 heteroatoms. The number of amides is 1. The van der Waals surface area contributed by atoms with Gasteiger partial charge in [-0.15, -0.1) is 0 Å². The average Bonchev–Trinajstić information content (AvgIpc) is 3.11. The van der Waals surface area contributed by atoms with Gasteiger partial charge in [0.2, 0.25) is 0 Å². The lowest BCUT2D eigenvalue weighted by Crippen LogP contribution is -2.25. The van der Waals surface area contributed by atoms with Crippen molar-refractivity contribution in [1.29, 1.82) is 0 Å². The lowest BCUT2D eigenvalue weighted by molar-refractivity contribution is 0.102. The van der Waals surface area contributed by atoms with E-state index in [1.165, 1.54) is 32.0 Å². The predicted molar refractivity (Wildman–Crippen MR) is 106 cm³/mol. The fourth-order valence-electron chi connectivity index (χ4n) is 3.47. The Morgan fingerprint density at radius 2 is 1.67 bits per heavy atom. The molecule has 6 nitrogen and oxygen atoms in total. The van der Waals surface area contributed by atoms with Crippen molar-refractivity contribution < 1.29 is 4.79 Å². The molecule has 27 heavy (non-hydrogen) atoms. The maximum absolute atomic E-state index is 12.8. The van der Waals surface area contributed by atoms with Crippen LogP contribution < -0.4 is 10.2 Å². The Balaban J connectivity index is 1.51. The second kappa shape index (κ2) is 8.03. The Kier molecular flexibility index (Phi) is 5.14. The van der Waals surface area contributed by atoms with Crippen molar-refractivity contribution in [3.63, 3.8) is 0 Å². The van der Waals surface area contributed by atoms with Gasteiger partial charge in [0.1, 0.15) is 12.7 Å². The summed E-state index contributed by atoms with van der Waals surface area (Å²) in [5.41, 5.74) is 3.45. The largest absolute Gasteiger partial charge is 0.370 e. The molecule has 0 atom stereocenters. The minimum Gasteiger partial charge on any atom is -0.370 e. The van der Waals surface area contributed by atoms with E-state index in [0.29, 0.717) is 5.56 Å². The highest BCUT2D eigenvalue weighted by Crippen LogP contribution is 2.28. The molecule has 1 fully saturated rings. The minimum atomic E-state index is -0.109. The summed E-state index contributed by atoms with van der Waals surface area (Å²) in [6.45, 7) is 2.08. The summed E-state index contributed by atoms with van der Waals surface area (Å²) in [6, 6.07) is 15.4. The van der Waals surface area contributed by atoms with E-state index in [-0.39, 0.29) is 5.91 Å². The van der Waals surface area contributed by atoms with E-state index in [9.17, 15) is 4.79 Å². The molecule has 0 unspecified atom stereocenters. The van der Waals surface area contributed by atoms with Crippen molar-refractivity contribution >= 4 is 17.3 Å². The number of carbonyl (C=O) groups excluding carboxylic acids is 1. The van der Waals surface area contributed by atoms with Crippen LogP contribution in [0.4, 0.5) is 11.4 Å². The van der Waals surface area contributed by atoms with E-state index in [1.807, 2.05) is 30.3 Å². The summed E-state index contributed by atoms with van der Waals surface area (Å²) >= 11 is 0. The van der Waals surface area contributed by atoms with E-state index >= 15 is 0 Å². The van der Waals surface area contributed by atoms with Crippen LogP contribution in [0.15, 0.2) is 61.2 Å². The van der Waals surface area contributed by atoms with E-state index in [1.54, 1.807) is 23.1 Å². The van der Waals surface area contributed by atoms with Crippen LogP contribution in [0, 0.1) is 0 Å². The molecule has 2 aromatic carbocycles. The number of hydrogen-bond donors (Lipinski definition) is 1. The topological polar surface area (TPSA) is 63.1 Å². The Labute approximate surface area is 158 Å². The first-order valence-electron chi connectivity index (χ1n) is 9.42. The number of para-hydroxylation sites is 2. The molecule has 1 aliphatic rings. The second-order valence-electron chi connectivity index (χ2n) is 6.76. The van der Waals surface area contributed by atoms with Gasteiger partial charge >= 0.3 is 0 Å². The quantitative estimate of drug-likeness (QED) is 0.765. The van der Waals surface area contributed by atoms with Crippen LogP contribution in [-0.4, -0.2) is 33.8 Å². The molecule has 138 valence electrons. The number of carbonyl (C=O) groups is 1. The van der Waals surface area contributed by atoms with Crippen molar-refractivity contribution in [3.05, 3.63) is 66.7 Å². The molecular formula is C21H23N5O. The first kappa shape index (κ1) is 17.3. The summed E-state index contributed by atoms with van der Waals surface area (Å²) in [6.07, 6.45) is 8.08. The zero-order chi connectivity index (χ0) is 18.5. The number of aromatic nitrogens is 3. The van der Waals surface area contributed by atoms with Gasteiger partial charge in [0, 0.05) is 18.7 Å². The summed E-state index contributed by atoms with van der Waals surface area (Å²) in [4.78, 5) is 19.1. The molecule has 0 aliphatic carbocycles. The molecule has 0 radical (unpaired) electrons. The summed E-state index contributed by atoms with van der Waals surface area (Å²) in [7, 11) is 0. The Morgan fingerprint density at radius 3 is 2.37 bits per heavy atom. The summed E-state index contributed by atoms with van der Waals surface area (Å²) in [5.74, 6) is -0.109. The third-order valence-electron chi connectivity index (χ3n) is 4.91. The van der Waals surface area contributed by atoms with Crippen LogP contribution in [0.1, 0.15) is 36.0 Å². The van der Waals surface area contributed by atoms with Crippen LogP contribution in [0.2, 0.25) is 0 Å². The molecule has 1 amide bonds. The van der Waals surface area contributed by atoms with Gasteiger partial charge in [-0.2, -0.15) is 5.10 Å². The predicted octanol–water partition coefficient (Wildman–Crippen LogP) is 3.90. The van der Waals surface area contributed by atoms with Gasteiger partial charge in [-0.3, -0.25) is 4.79 Å². The highest BCUT2D eigenvalue weighted by atomic mass is 16.1. The molecule has 0 bridgehead atoms. The first-order chi connectivity index (χ1) is 13.3. The van der Waals surface area contributed by atoms with E-state index < -0.39 is 0 Å². The number of nitrogens with zero attached hydrogens (tertiary/aromatic N) is 4. The van der Waals surface area contributed by atoms with Gasteiger partial charge in [0.05, 0.1) is 17.1 Å². The molecular weight excluding hydrogens is 338 g/mol. The number of anilines is 2. The molecule has 4 rings (SSSR count). The normalized spacial score (nSPS) is 14.6. The van der Waals surface area contributed by atoms with Crippen LogP contribution >= 0.6 is 0 Å². The highest BCUT2D eigenvalue weighted by Gasteiger charge is 2.15. The third-order valence-corrected chi connectivity index (χ3v) is 4.91. The van der Waals surface area contributed by atoms with Gasteiger partial charge in [-0.05, 0) is 49.2 Å². The van der Waals surface area contributed by atoms with Crippen LogP contribution in [-0.2, 0) is 0 Å². The Bertz CT molecular complexity index is 881. The number of rotatable bonds is 4. The molecule has 1 aliphatic heterocycles. The van der Waals surface area contributed by atoms with Crippen LogP contribution in [0.25, 0.3) is 5.69 Å². The molecule has 2 heterocycles. The van der Waals surface area contributed by atoms with E-state index in [0.717, 1.165) is 30.2 Å². The van der Waals surface area contributed by atoms with E-state index in [4.69, 9.17) is 0 Å². The standard InChI is InChI=1S/C21H23N5O/c27-21(17-9-11-18(12-10-17)26-16-22-15-23-26)24-19-7-3-4-8-20(19)25-13-5-1-2-6-14-25/h3-4,7-12,15-16H,1-2,5-6,13-14H2,(H,24,27). The monoisotopic (exact) mass is 361 g/mol. The fraction of sp³-hybridized carbons (Fsp3) is 0.286. The van der Waals surface area contributed by atoms with Gasteiger partial charge in [-0.25, -0.2) is 9.67 Å². The van der Waals surface area contributed by atoms with Gasteiger partial charge in [0.25, 0.3) is 5.91 Å². The Morgan fingerprint density at radius 1 is 0.926 bits per heavy atom. The van der Waals surface area contributed by atoms with Crippen molar-refractivity contribution in [1.82, 2.24) is 14.8 Å². The van der Waals surface area contributed by atoms with Crippen molar-refractivity contribution in [3.8, 4) is 5.69 Å². The second-order valence-corrected chi connectivity index (χ2v) is 6.76. The number of hydrogen-bond acceptors (Lipinski definition) is 4. The molecule has 1 aromatic heterocycles. The van der Waals surface area contributed by atoms with Gasteiger partial charge in [-0.1, -0.05) is 25.0 Å². The maximum Gasteiger partial charge on any atom is 0.255 e. The number of nitrogens with one attached hydrogen (secondary N) is 1. The zero-order valence-corrected chi connectivity index (χ0v) is 15.2. The Hall–Kier alpha value is -3.15. The van der Waals surface area contributed by atoms with Crippen molar-refractivity contribution in [2.45, 2.75) is 25.7 Å². The van der Waals surface area contributed by atoms with Crippen LogP contribution in [0.3, 0.4) is 0 Å². The van der Waals surface area contributed by atoms with E-state index in [2.05, 4.69) is 26.4 Å².